The van der Waals surface area contributed by atoms with Crippen molar-refractivity contribution in [3.05, 3.63) is 55.8 Å². The van der Waals surface area contributed by atoms with Gasteiger partial charge in [0.15, 0.2) is 0 Å². The second-order valence-electron chi connectivity index (χ2n) is 4.75. The van der Waals surface area contributed by atoms with Crippen LogP contribution in [-0.4, -0.2) is 24.2 Å². The van der Waals surface area contributed by atoms with Gasteiger partial charge >= 0.3 is 5.97 Å². The molecule has 0 aliphatic carbocycles. The largest absolute Gasteiger partial charge is 0.508 e. The lowest BCUT2D eigenvalue weighted by atomic mass is 10.0. The summed E-state index contributed by atoms with van der Waals surface area (Å²) < 4.78 is 4.71. The summed E-state index contributed by atoms with van der Waals surface area (Å²) in [5, 5.41) is 12.0. The quantitative estimate of drug-likeness (QED) is 0.615. The highest BCUT2D eigenvalue weighted by atomic mass is 16.5. The number of nitrogens with one attached hydrogen (secondary N) is 1. The van der Waals surface area contributed by atoms with Gasteiger partial charge in [-0.05, 0) is 24.6 Å². The average molecular weight is 289 g/mol. The van der Waals surface area contributed by atoms with E-state index in [-0.39, 0.29) is 17.9 Å². The first-order valence-electron chi connectivity index (χ1n) is 6.36. The summed E-state index contributed by atoms with van der Waals surface area (Å²) in [7, 11) is 1.25. The van der Waals surface area contributed by atoms with Crippen molar-refractivity contribution in [2.45, 2.75) is 19.4 Å². The van der Waals surface area contributed by atoms with Crippen molar-refractivity contribution in [2.75, 3.05) is 12.4 Å². The Bertz CT molecular complexity index is 725. The van der Waals surface area contributed by atoms with E-state index in [1.165, 1.54) is 26.2 Å². The maximum atomic E-state index is 11.8. The number of carbonyl (C=O) groups excluding carboxylic acids is 1. The van der Waals surface area contributed by atoms with Gasteiger partial charge in [0.05, 0.1) is 12.8 Å². The van der Waals surface area contributed by atoms with Gasteiger partial charge in [0.25, 0.3) is 0 Å². The third-order valence-corrected chi connectivity index (χ3v) is 3.33. The second-order valence-corrected chi connectivity index (χ2v) is 4.75. The number of hydrogen-bond acceptors (Lipinski definition) is 6. The van der Waals surface area contributed by atoms with E-state index < -0.39 is 22.9 Å². The Morgan fingerprint density at radius 1 is 1.24 bits per heavy atom. The highest BCUT2D eigenvalue weighted by molar-refractivity contribution is 5.80. The number of rotatable bonds is 5. The molecule has 2 N–H and O–H groups in total. The number of esters is 1. The molecule has 0 aliphatic heterocycles. The highest BCUT2D eigenvalue weighted by Gasteiger charge is 2.25. The zero-order chi connectivity index (χ0) is 15.6. The van der Waals surface area contributed by atoms with Crippen LogP contribution < -0.4 is 16.2 Å². The fourth-order valence-electron chi connectivity index (χ4n) is 2.06. The Morgan fingerprint density at radius 3 is 2.38 bits per heavy atom. The second kappa shape index (κ2) is 5.78. The molecule has 0 aromatic heterocycles. The van der Waals surface area contributed by atoms with Crippen molar-refractivity contribution in [3.8, 4) is 5.75 Å². The zero-order valence-corrected chi connectivity index (χ0v) is 11.7. The number of anilines is 1. The van der Waals surface area contributed by atoms with Crippen LogP contribution in [0.5, 0.6) is 5.75 Å². The van der Waals surface area contributed by atoms with E-state index >= 15 is 0 Å². The number of hydrogen-bond donors (Lipinski definition) is 2. The molecule has 0 saturated carbocycles. The normalized spacial score (nSPS) is 12.1. The molecular formula is C15H15NO5. The molecule has 110 valence electrons. The summed E-state index contributed by atoms with van der Waals surface area (Å²) in [5.74, 6) is -0.407. The molecule has 6 nitrogen and oxygen atoms in total. The Hall–Kier alpha value is -2.63. The summed E-state index contributed by atoms with van der Waals surface area (Å²) in [6.07, 6.45) is 0.269. The van der Waals surface area contributed by atoms with Crippen molar-refractivity contribution in [3.63, 3.8) is 0 Å². The smallest absolute Gasteiger partial charge is 0.328 e. The van der Waals surface area contributed by atoms with Gasteiger partial charge in [-0.25, -0.2) is 4.79 Å². The van der Waals surface area contributed by atoms with Crippen LogP contribution in [0.25, 0.3) is 0 Å². The number of ether oxygens (including phenoxy) is 1. The number of benzene rings is 1. The maximum absolute atomic E-state index is 11.8. The summed E-state index contributed by atoms with van der Waals surface area (Å²) in [4.78, 5) is 34.5. The predicted molar refractivity (Wildman–Crippen MR) is 77.3 cm³/mol. The number of aromatic hydroxyl groups is 1. The molecule has 0 radical (unpaired) electrons. The third-order valence-electron chi connectivity index (χ3n) is 3.33. The minimum atomic E-state index is -0.776. The summed E-state index contributed by atoms with van der Waals surface area (Å²) in [6, 6.07) is 5.57. The van der Waals surface area contributed by atoms with E-state index in [1.807, 2.05) is 0 Å². The van der Waals surface area contributed by atoms with Crippen LogP contribution in [0.2, 0.25) is 0 Å². The van der Waals surface area contributed by atoms with Crippen molar-refractivity contribution < 1.29 is 14.6 Å². The van der Waals surface area contributed by atoms with E-state index in [0.717, 1.165) is 5.56 Å². The lowest BCUT2D eigenvalue weighted by Gasteiger charge is -2.19. The van der Waals surface area contributed by atoms with E-state index in [9.17, 15) is 19.5 Å². The first-order valence-corrected chi connectivity index (χ1v) is 6.36. The maximum Gasteiger partial charge on any atom is 0.328 e. The molecule has 0 bridgehead atoms. The fourth-order valence-corrected chi connectivity index (χ4v) is 2.06. The lowest BCUT2D eigenvalue weighted by molar-refractivity contribution is -0.141. The molecule has 0 saturated heterocycles. The van der Waals surface area contributed by atoms with E-state index in [0.29, 0.717) is 5.56 Å². The van der Waals surface area contributed by atoms with Gasteiger partial charge in [0, 0.05) is 12.0 Å². The topological polar surface area (TPSA) is 92.7 Å². The van der Waals surface area contributed by atoms with Gasteiger partial charge in [-0.15, -0.1) is 0 Å². The summed E-state index contributed by atoms with van der Waals surface area (Å²) in [6.45, 7) is 1.53. The Labute approximate surface area is 120 Å². The van der Waals surface area contributed by atoms with Crippen molar-refractivity contribution in [2.24, 2.45) is 0 Å². The SMILES string of the molecule is COC(=O)C(Cc1ccc(O)cc1)Nc1c(C)c(=O)c1=O. The first kappa shape index (κ1) is 14.8. The summed E-state index contributed by atoms with van der Waals surface area (Å²) in [5.41, 5.74) is 0.110. The van der Waals surface area contributed by atoms with Crippen LogP contribution in [0.4, 0.5) is 5.69 Å². The van der Waals surface area contributed by atoms with Crippen LogP contribution in [-0.2, 0) is 16.0 Å². The van der Waals surface area contributed by atoms with Crippen LogP contribution in [0, 0.1) is 6.92 Å². The van der Waals surface area contributed by atoms with E-state index in [2.05, 4.69) is 5.32 Å². The van der Waals surface area contributed by atoms with Crippen molar-refractivity contribution in [1.29, 1.82) is 0 Å². The minimum Gasteiger partial charge on any atom is -0.508 e. The van der Waals surface area contributed by atoms with Crippen molar-refractivity contribution in [1.82, 2.24) is 0 Å². The summed E-state index contributed by atoms with van der Waals surface area (Å²) >= 11 is 0. The van der Waals surface area contributed by atoms with Gasteiger partial charge in [-0.3, -0.25) is 9.59 Å². The minimum absolute atomic E-state index is 0.125. The number of phenols is 1. The van der Waals surface area contributed by atoms with Crippen LogP contribution >= 0.6 is 0 Å². The molecule has 1 atom stereocenters. The average Bonchev–Trinajstić information content (AvgIpc) is 2.51. The van der Waals surface area contributed by atoms with Gasteiger partial charge in [-0.2, -0.15) is 0 Å². The number of phenolic OH excluding ortho intramolecular Hbond substituents is 1. The Balaban J connectivity index is 2.19. The standard InChI is InChI=1S/C15H15NO5/c1-8-12(14(19)13(8)18)16-11(15(20)21-2)7-9-3-5-10(17)6-4-9/h3-6,11,16-17H,7H2,1-2H3. The zero-order valence-electron chi connectivity index (χ0n) is 11.7. The molecule has 0 amide bonds. The predicted octanol–water partition coefficient (Wildman–Crippen LogP) is 0.493. The number of carbonyl (C=O) groups is 1. The first-order chi connectivity index (χ1) is 9.93. The molecule has 21 heavy (non-hydrogen) atoms. The molecule has 0 aliphatic rings. The monoisotopic (exact) mass is 289 g/mol. The van der Waals surface area contributed by atoms with Gasteiger partial charge in [-0.1, -0.05) is 12.1 Å². The number of methoxy groups -OCH3 is 1. The van der Waals surface area contributed by atoms with E-state index in [4.69, 9.17) is 4.74 Å². The van der Waals surface area contributed by atoms with Gasteiger partial charge < -0.3 is 15.2 Å². The fraction of sp³-hybridized carbons (Fsp3) is 0.267. The van der Waals surface area contributed by atoms with Gasteiger partial charge in [0.2, 0.25) is 10.9 Å². The Morgan fingerprint density at radius 2 is 1.86 bits per heavy atom. The molecule has 0 fully saturated rings. The molecule has 2 rings (SSSR count). The molecule has 2 aromatic carbocycles. The third kappa shape index (κ3) is 2.94. The Kier molecular flexibility index (Phi) is 4.07. The molecule has 0 heterocycles. The molecule has 2 aromatic rings. The molecule has 0 spiro atoms. The van der Waals surface area contributed by atoms with Crippen LogP contribution in [0.15, 0.2) is 33.9 Å². The van der Waals surface area contributed by atoms with Crippen LogP contribution in [0.1, 0.15) is 11.1 Å². The molecule has 6 heteroatoms. The molecule has 1 unspecified atom stereocenters. The van der Waals surface area contributed by atoms with Crippen molar-refractivity contribution >= 4 is 11.7 Å². The van der Waals surface area contributed by atoms with Gasteiger partial charge in [0.1, 0.15) is 11.8 Å². The lowest BCUT2D eigenvalue weighted by Crippen LogP contribution is -2.42. The van der Waals surface area contributed by atoms with Crippen LogP contribution in [0.3, 0.4) is 0 Å². The molecular weight excluding hydrogens is 274 g/mol. The van der Waals surface area contributed by atoms with E-state index in [1.54, 1.807) is 12.1 Å². The highest BCUT2D eigenvalue weighted by Crippen LogP contribution is 2.15.